The minimum atomic E-state index is -0.222. The topological polar surface area (TPSA) is 58.2 Å². The van der Waals surface area contributed by atoms with Crippen LogP contribution in [0, 0.1) is 0 Å². The number of nitrogens with one attached hydrogen (secondary N) is 2. The summed E-state index contributed by atoms with van der Waals surface area (Å²) in [6.07, 6.45) is 0. The normalized spacial score (nSPS) is 16.4. The highest BCUT2D eigenvalue weighted by atomic mass is 35.5. The number of carbonyl (C=O) groups excluding carboxylic acids is 2. The Morgan fingerprint density at radius 1 is 1.30 bits per heavy atom. The molecule has 1 aliphatic heterocycles. The molecule has 2 aromatic carbocycles. The van der Waals surface area contributed by atoms with Gasteiger partial charge in [0.2, 0.25) is 5.91 Å². The van der Waals surface area contributed by atoms with E-state index in [4.69, 9.17) is 11.6 Å². The molecule has 6 heteroatoms. The van der Waals surface area contributed by atoms with Gasteiger partial charge in [0.15, 0.2) is 0 Å². The van der Waals surface area contributed by atoms with E-state index in [-0.39, 0.29) is 17.1 Å². The Bertz CT molecular complexity index is 779. The number of benzene rings is 2. The van der Waals surface area contributed by atoms with Gasteiger partial charge in [0.25, 0.3) is 5.91 Å². The molecule has 1 unspecified atom stereocenters. The van der Waals surface area contributed by atoms with Crippen LogP contribution in [0.15, 0.2) is 47.4 Å². The Morgan fingerprint density at radius 2 is 2.09 bits per heavy atom. The Kier molecular flexibility index (Phi) is 4.59. The van der Waals surface area contributed by atoms with Crippen molar-refractivity contribution in [3.05, 3.63) is 58.6 Å². The van der Waals surface area contributed by atoms with Crippen molar-refractivity contribution >= 4 is 40.9 Å². The third-order valence-electron chi connectivity index (χ3n) is 3.55. The molecular formula is C17H15ClN2O2S. The maximum absolute atomic E-state index is 12.2. The first-order valence-electron chi connectivity index (χ1n) is 7.18. The largest absolute Gasteiger partial charge is 0.348 e. The van der Waals surface area contributed by atoms with Crippen LogP contribution < -0.4 is 10.6 Å². The number of rotatable bonds is 3. The number of anilines is 1. The highest BCUT2D eigenvalue weighted by Crippen LogP contribution is 2.35. The van der Waals surface area contributed by atoms with Crippen molar-refractivity contribution < 1.29 is 9.59 Å². The van der Waals surface area contributed by atoms with Gasteiger partial charge in [-0.3, -0.25) is 9.59 Å². The van der Waals surface area contributed by atoms with Gasteiger partial charge in [-0.05, 0) is 36.8 Å². The summed E-state index contributed by atoms with van der Waals surface area (Å²) < 4.78 is 0. The molecule has 0 saturated heterocycles. The second kappa shape index (κ2) is 6.64. The van der Waals surface area contributed by atoms with E-state index in [9.17, 15) is 9.59 Å². The summed E-state index contributed by atoms with van der Waals surface area (Å²) in [7, 11) is 0. The molecular weight excluding hydrogens is 332 g/mol. The summed E-state index contributed by atoms with van der Waals surface area (Å²) in [5.74, 6) is -0.222. The molecule has 0 bridgehead atoms. The number of halogens is 1. The average Bonchev–Trinajstić information content (AvgIpc) is 2.54. The molecule has 0 fully saturated rings. The number of fused-ring (bicyclic) bond motifs is 1. The van der Waals surface area contributed by atoms with Crippen LogP contribution in [0.25, 0.3) is 0 Å². The molecule has 1 aliphatic rings. The lowest BCUT2D eigenvalue weighted by atomic mass is 10.1. The molecule has 0 aliphatic carbocycles. The number of carbonyl (C=O) groups is 2. The van der Waals surface area contributed by atoms with Crippen LogP contribution in [0.2, 0.25) is 5.02 Å². The highest BCUT2D eigenvalue weighted by Gasteiger charge is 2.22. The zero-order valence-electron chi connectivity index (χ0n) is 12.4. The van der Waals surface area contributed by atoms with Crippen molar-refractivity contribution in [3.63, 3.8) is 0 Å². The smallest absolute Gasteiger partial charge is 0.253 e. The second-order valence-electron chi connectivity index (χ2n) is 5.24. The minimum absolute atomic E-state index is 0.000229. The van der Waals surface area contributed by atoms with Gasteiger partial charge in [0.05, 0.1) is 21.5 Å². The van der Waals surface area contributed by atoms with E-state index in [0.29, 0.717) is 17.1 Å². The molecule has 2 N–H and O–H groups in total. The monoisotopic (exact) mass is 346 g/mol. The van der Waals surface area contributed by atoms with E-state index < -0.39 is 0 Å². The fourth-order valence-electron chi connectivity index (χ4n) is 2.29. The van der Waals surface area contributed by atoms with E-state index in [0.717, 1.165) is 16.1 Å². The molecule has 0 radical (unpaired) electrons. The molecule has 23 heavy (non-hydrogen) atoms. The maximum atomic E-state index is 12.2. The predicted octanol–water partition coefficient (Wildman–Crippen LogP) is 3.70. The molecule has 1 atom stereocenters. The van der Waals surface area contributed by atoms with E-state index in [1.54, 1.807) is 24.3 Å². The van der Waals surface area contributed by atoms with Gasteiger partial charge in [-0.15, -0.1) is 11.8 Å². The Morgan fingerprint density at radius 3 is 2.87 bits per heavy atom. The lowest BCUT2D eigenvalue weighted by Crippen LogP contribution is -2.27. The van der Waals surface area contributed by atoms with Crippen LogP contribution in [0.1, 0.15) is 22.8 Å². The lowest BCUT2D eigenvalue weighted by Gasteiger charge is -2.22. The van der Waals surface area contributed by atoms with Crippen molar-refractivity contribution in [1.29, 1.82) is 0 Å². The van der Waals surface area contributed by atoms with E-state index in [1.165, 1.54) is 11.8 Å². The van der Waals surface area contributed by atoms with Crippen LogP contribution in [-0.2, 0) is 11.3 Å². The zero-order chi connectivity index (χ0) is 16.4. The van der Waals surface area contributed by atoms with E-state index >= 15 is 0 Å². The van der Waals surface area contributed by atoms with Crippen molar-refractivity contribution in [3.8, 4) is 0 Å². The van der Waals surface area contributed by atoms with Crippen LogP contribution in [0.5, 0.6) is 0 Å². The first kappa shape index (κ1) is 15.9. The van der Waals surface area contributed by atoms with Crippen LogP contribution in [-0.4, -0.2) is 17.1 Å². The van der Waals surface area contributed by atoms with Crippen LogP contribution in [0.3, 0.4) is 0 Å². The van der Waals surface area contributed by atoms with Gasteiger partial charge >= 0.3 is 0 Å². The van der Waals surface area contributed by atoms with E-state index in [1.807, 2.05) is 25.1 Å². The Labute approximate surface area is 143 Å². The molecule has 4 nitrogen and oxygen atoms in total. The first-order valence-corrected chi connectivity index (χ1v) is 8.43. The summed E-state index contributed by atoms with van der Waals surface area (Å²) in [6, 6.07) is 12.7. The minimum Gasteiger partial charge on any atom is -0.348 e. The van der Waals surface area contributed by atoms with Crippen LogP contribution in [0.4, 0.5) is 5.69 Å². The van der Waals surface area contributed by atoms with Gasteiger partial charge in [0, 0.05) is 11.4 Å². The standard InChI is InChI=1S/C17H15ClN2O2S/c1-10-16(21)20-14-8-11(6-7-15(14)23-10)9-19-17(22)12-4-2-3-5-13(12)18/h2-8,10H,9H2,1H3,(H,19,22)(H,20,21). The number of amides is 2. The molecule has 3 rings (SSSR count). The second-order valence-corrected chi connectivity index (χ2v) is 7.03. The fourth-order valence-corrected chi connectivity index (χ4v) is 3.44. The van der Waals surface area contributed by atoms with Crippen molar-refractivity contribution in [2.45, 2.75) is 23.6 Å². The maximum Gasteiger partial charge on any atom is 0.253 e. The highest BCUT2D eigenvalue weighted by molar-refractivity contribution is 8.00. The molecule has 0 spiro atoms. The number of thioether (sulfide) groups is 1. The summed E-state index contributed by atoms with van der Waals surface area (Å²) >= 11 is 7.55. The van der Waals surface area contributed by atoms with Crippen molar-refractivity contribution in [1.82, 2.24) is 5.32 Å². The predicted molar refractivity (Wildman–Crippen MR) is 93.0 cm³/mol. The van der Waals surface area contributed by atoms with Gasteiger partial charge in [-0.25, -0.2) is 0 Å². The summed E-state index contributed by atoms with van der Waals surface area (Å²) in [5, 5.41) is 6.06. The third-order valence-corrected chi connectivity index (χ3v) is 5.05. The van der Waals surface area contributed by atoms with Gasteiger partial charge in [-0.2, -0.15) is 0 Å². The van der Waals surface area contributed by atoms with Gasteiger partial charge in [0.1, 0.15) is 0 Å². The zero-order valence-corrected chi connectivity index (χ0v) is 14.0. The number of hydrogen-bond acceptors (Lipinski definition) is 3. The summed E-state index contributed by atoms with van der Waals surface area (Å²) in [6.45, 7) is 2.24. The quantitative estimate of drug-likeness (QED) is 0.890. The SMILES string of the molecule is CC1Sc2ccc(CNC(=O)c3ccccc3Cl)cc2NC1=O. The average molecular weight is 347 g/mol. The molecule has 0 saturated carbocycles. The summed E-state index contributed by atoms with van der Waals surface area (Å²) in [5.41, 5.74) is 2.16. The van der Waals surface area contributed by atoms with E-state index in [2.05, 4.69) is 10.6 Å². The van der Waals surface area contributed by atoms with Crippen molar-refractivity contribution in [2.24, 2.45) is 0 Å². The Balaban J connectivity index is 1.70. The first-order chi connectivity index (χ1) is 11.0. The molecule has 118 valence electrons. The lowest BCUT2D eigenvalue weighted by molar-refractivity contribution is -0.115. The summed E-state index contributed by atoms with van der Waals surface area (Å²) in [4.78, 5) is 24.9. The number of hydrogen-bond donors (Lipinski definition) is 2. The molecule has 2 aromatic rings. The molecule has 2 amide bonds. The molecule has 1 heterocycles. The third kappa shape index (κ3) is 3.51. The van der Waals surface area contributed by atoms with Gasteiger partial charge < -0.3 is 10.6 Å². The van der Waals surface area contributed by atoms with Gasteiger partial charge in [-0.1, -0.05) is 29.8 Å². The van der Waals surface area contributed by atoms with Crippen molar-refractivity contribution in [2.75, 3.05) is 5.32 Å². The molecule has 0 aromatic heterocycles. The van der Waals surface area contributed by atoms with Crippen LogP contribution >= 0.6 is 23.4 Å². The Hall–Kier alpha value is -1.98. The fraction of sp³-hybridized carbons (Fsp3) is 0.176.